The van der Waals surface area contributed by atoms with Crippen molar-refractivity contribution in [2.24, 2.45) is 5.92 Å². The van der Waals surface area contributed by atoms with E-state index >= 15 is 0 Å². The molecule has 1 aromatic carbocycles. The van der Waals surface area contributed by atoms with Gasteiger partial charge in [-0.1, -0.05) is 0 Å². The van der Waals surface area contributed by atoms with Crippen molar-refractivity contribution in [3.05, 3.63) is 24.3 Å². The largest absolute Gasteiger partial charge is 0.497 e. The first-order valence-electron chi connectivity index (χ1n) is 5.86. The van der Waals surface area contributed by atoms with E-state index in [0.29, 0.717) is 5.75 Å². The first kappa shape index (κ1) is 11.9. The van der Waals surface area contributed by atoms with E-state index in [1.807, 2.05) is 0 Å². The zero-order valence-corrected chi connectivity index (χ0v) is 9.94. The molecule has 1 aromatic rings. The second-order valence-corrected chi connectivity index (χ2v) is 4.14. The molecular weight excluding hydrogens is 218 g/mol. The van der Waals surface area contributed by atoms with E-state index in [9.17, 15) is 4.79 Å². The fourth-order valence-electron chi connectivity index (χ4n) is 1.90. The van der Waals surface area contributed by atoms with Crippen LogP contribution in [0.2, 0.25) is 0 Å². The molecule has 92 valence electrons. The Kier molecular flexibility index (Phi) is 3.98. The average molecular weight is 235 g/mol. The van der Waals surface area contributed by atoms with Gasteiger partial charge in [-0.15, -0.1) is 0 Å². The molecule has 4 heteroatoms. The van der Waals surface area contributed by atoms with Crippen molar-refractivity contribution in [3.8, 4) is 11.5 Å². The number of ether oxygens (including phenoxy) is 2. The van der Waals surface area contributed by atoms with Gasteiger partial charge in [0.2, 0.25) is 0 Å². The number of carbonyl (C=O) groups excluding carboxylic acids is 1. The maximum atomic E-state index is 11.8. The van der Waals surface area contributed by atoms with Crippen LogP contribution < -0.4 is 14.8 Å². The van der Waals surface area contributed by atoms with Crippen LogP contribution in [0.15, 0.2) is 24.3 Å². The molecule has 0 radical (unpaired) electrons. The van der Waals surface area contributed by atoms with Crippen LogP contribution in [0, 0.1) is 5.92 Å². The molecule has 0 bridgehead atoms. The molecular formula is C13H17NO3. The summed E-state index contributed by atoms with van der Waals surface area (Å²) < 4.78 is 10.4. The molecule has 0 aromatic heterocycles. The van der Waals surface area contributed by atoms with Crippen molar-refractivity contribution in [1.82, 2.24) is 5.32 Å². The van der Waals surface area contributed by atoms with E-state index in [-0.39, 0.29) is 11.9 Å². The number of hydrogen-bond acceptors (Lipinski definition) is 4. The normalized spacial score (nSPS) is 19.7. The molecule has 1 heterocycles. The molecule has 1 N–H and O–H groups in total. The molecule has 1 aliphatic heterocycles. The molecule has 1 atom stereocenters. The lowest BCUT2D eigenvalue weighted by Gasteiger charge is -2.20. The Morgan fingerprint density at radius 1 is 1.29 bits per heavy atom. The van der Waals surface area contributed by atoms with E-state index in [1.54, 1.807) is 31.4 Å². The maximum absolute atomic E-state index is 11.8. The summed E-state index contributed by atoms with van der Waals surface area (Å²) in [6, 6.07) is 7.05. The number of piperidine rings is 1. The van der Waals surface area contributed by atoms with Crippen LogP contribution in [0.4, 0.5) is 0 Å². The van der Waals surface area contributed by atoms with Crippen LogP contribution in [0.1, 0.15) is 12.8 Å². The van der Waals surface area contributed by atoms with E-state index in [2.05, 4.69) is 5.32 Å². The molecule has 17 heavy (non-hydrogen) atoms. The van der Waals surface area contributed by atoms with Crippen LogP contribution in [-0.4, -0.2) is 26.2 Å². The predicted octanol–water partition coefficient (Wildman–Crippen LogP) is 1.60. The van der Waals surface area contributed by atoms with Gasteiger partial charge in [-0.05, 0) is 43.7 Å². The summed E-state index contributed by atoms with van der Waals surface area (Å²) in [5, 5.41) is 3.20. The summed E-state index contributed by atoms with van der Waals surface area (Å²) in [5.74, 6) is 1.15. The highest BCUT2D eigenvalue weighted by Crippen LogP contribution is 2.19. The SMILES string of the molecule is COc1ccc(OC(=O)C2CCCNC2)cc1. The van der Waals surface area contributed by atoms with Crippen LogP contribution >= 0.6 is 0 Å². The third kappa shape index (κ3) is 3.20. The Bertz CT molecular complexity index is 369. The van der Waals surface area contributed by atoms with Gasteiger partial charge in [0.15, 0.2) is 0 Å². The van der Waals surface area contributed by atoms with Crippen molar-refractivity contribution < 1.29 is 14.3 Å². The van der Waals surface area contributed by atoms with Gasteiger partial charge < -0.3 is 14.8 Å². The zero-order chi connectivity index (χ0) is 12.1. The average Bonchev–Trinajstić information content (AvgIpc) is 2.40. The fraction of sp³-hybridized carbons (Fsp3) is 0.462. The van der Waals surface area contributed by atoms with Gasteiger partial charge in [-0.2, -0.15) is 0 Å². The van der Waals surface area contributed by atoms with Crippen LogP contribution in [0.25, 0.3) is 0 Å². The first-order valence-corrected chi connectivity index (χ1v) is 5.86. The van der Waals surface area contributed by atoms with Crippen molar-refractivity contribution in [2.75, 3.05) is 20.2 Å². The third-order valence-corrected chi connectivity index (χ3v) is 2.91. The Labute approximate surface area is 101 Å². The van der Waals surface area contributed by atoms with Gasteiger partial charge in [-0.3, -0.25) is 4.79 Å². The third-order valence-electron chi connectivity index (χ3n) is 2.91. The highest BCUT2D eigenvalue weighted by atomic mass is 16.5. The molecule has 0 aliphatic carbocycles. The minimum absolute atomic E-state index is 0.0224. The van der Waals surface area contributed by atoms with E-state index in [0.717, 1.165) is 31.7 Å². The van der Waals surface area contributed by atoms with Crippen LogP contribution in [-0.2, 0) is 4.79 Å². The van der Waals surface area contributed by atoms with Gasteiger partial charge in [0, 0.05) is 6.54 Å². The number of carbonyl (C=O) groups is 1. The van der Waals surface area contributed by atoms with Crippen molar-refractivity contribution in [3.63, 3.8) is 0 Å². The lowest BCUT2D eigenvalue weighted by atomic mass is 10.0. The molecule has 2 rings (SSSR count). The van der Waals surface area contributed by atoms with Crippen LogP contribution in [0.3, 0.4) is 0 Å². The lowest BCUT2D eigenvalue weighted by molar-refractivity contribution is -0.139. The summed E-state index contributed by atoms with van der Waals surface area (Å²) in [6.07, 6.45) is 1.93. The molecule has 0 saturated carbocycles. The second-order valence-electron chi connectivity index (χ2n) is 4.14. The smallest absolute Gasteiger partial charge is 0.315 e. The number of hydrogen-bond donors (Lipinski definition) is 1. The van der Waals surface area contributed by atoms with Crippen molar-refractivity contribution in [2.45, 2.75) is 12.8 Å². The Balaban J connectivity index is 1.92. The van der Waals surface area contributed by atoms with E-state index in [1.165, 1.54) is 0 Å². The summed E-state index contributed by atoms with van der Waals surface area (Å²) in [6.45, 7) is 1.71. The number of methoxy groups -OCH3 is 1. The van der Waals surface area contributed by atoms with Gasteiger partial charge in [0.05, 0.1) is 13.0 Å². The Hall–Kier alpha value is -1.55. The van der Waals surface area contributed by atoms with Gasteiger partial charge in [0.25, 0.3) is 0 Å². The molecule has 1 aliphatic rings. The quantitative estimate of drug-likeness (QED) is 0.638. The van der Waals surface area contributed by atoms with Crippen LogP contribution in [0.5, 0.6) is 11.5 Å². The van der Waals surface area contributed by atoms with Crippen molar-refractivity contribution >= 4 is 5.97 Å². The maximum Gasteiger partial charge on any atom is 0.315 e. The van der Waals surface area contributed by atoms with Gasteiger partial charge >= 0.3 is 5.97 Å². The fourth-order valence-corrected chi connectivity index (χ4v) is 1.90. The summed E-state index contributed by atoms with van der Waals surface area (Å²) >= 11 is 0. The van der Waals surface area contributed by atoms with E-state index < -0.39 is 0 Å². The zero-order valence-electron chi connectivity index (χ0n) is 9.94. The number of benzene rings is 1. The second kappa shape index (κ2) is 5.68. The number of nitrogens with one attached hydrogen (secondary N) is 1. The minimum atomic E-state index is -0.151. The monoisotopic (exact) mass is 235 g/mol. The highest BCUT2D eigenvalue weighted by molar-refractivity contribution is 5.75. The molecule has 0 amide bonds. The van der Waals surface area contributed by atoms with Gasteiger partial charge in [0.1, 0.15) is 11.5 Å². The number of esters is 1. The topological polar surface area (TPSA) is 47.6 Å². The Morgan fingerprint density at radius 3 is 2.59 bits per heavy atom. The standard InChI is InChI=1S/C13H17NO3/c1-16-11-4-6-12(7-5-11)17-13(15)10-3-2-8-14-9-10/h4-7,10,14H,2-3,8-9H2,1H3. The molecule has 1 unspecified atom stereocenters. The predicted molar refractivity (Wildman–Crippen MR) is 64.2 cm³/mol. The summed E-state index contributed by atoms with van der Waals surface area (Å²) in [4.78, 5) is 11.8. The Morgan fingerprint density at radius 2 is 2.00 bits per heavy atom. The molecule has 1 fully saturated rings. The first-order chi connectivity index (χ1) is 8.29. The molecule has 1 saturated heterocycles. The minimum Gasteiger partial charge on any atom is -0.497 e. The highest BCUT2D eigenvalue weighted by Gasteiger charge is 2.22. The summed E-state index contributed by atoms with van der Waals surface area (Å²) in [5.41, 5.74) is 0. The number of rotatable bonds is 3. The molecule has 0 spiro atoms. The van der Waals surface area contributed by atoms with Gasteiger partial charge in [-0.25, -0.2) is 0 Å². The van der Waals surface area contributed by atoms with Crippen molar-refractivity contribution in [1.29, 1.82) is 0 Å². The summed E-state index contributed by atoms with van der Waals surface area (Å²) in [7, 11) is 1.61. The van der Waals surface area contributed by atoms with E-state index in [4.69, 9.17) is 9.47 Å². The lowest BCUT2D eigenvalue weighted by Crippen LogP contribution is -2.36. The molecule has 4 nitrogen and oxygen atoms in total.